The second-order valence-corrected chi connectivity index (χ2v) is 5.88. The first-order valence-electron chi connectivity index (χ1n) is 7.62. The van der Waals surface area contributed by atoms with E-state index in [0.29, 0.717) is 13.2 Å². The number of carbonyl (C=O) groups excluding carboxylic acids is 1. The maximum Gasteiger partial charge on any atom is 0.317 e. The second kappa shape index (κ2) is 6.45. The average Bonchev–Trinajstić information content (AvgIpc) is 2.53. The van der Waals surface area contributed by atoms with E-state index in [1.54, 1.807) is 0 Å². The molecule has 1 aromatic rings. The zero-order valence-corrected chi connectivity index (χ0v) is 12.5. The summed E-state index contributed by atoms with van der Waals surface area (Å²) in [7, 11) is 2.09. The molecule has 2 aliphatic heterocycles. The fourth-order valence-corrected chi connectivity index (χ4v) is 2.86. The lowest BCUT2D eigenvalue weighted by Gasteiger charge is -2.33. The van der Waals surface area contributed by atoms with Crippen molar-refractivity contribution in [2.24, 2.45) is 0 Å². The van der Waals surface area contributed by atoms with Gasteiger partial charge in [-0.25, -0.2) is 4.79 Å². The summed E-state index contributed by atoms with van der Waals surface area (Å²) in [5, 5.41) is 3.01. The highest BCUT2D eigenvalue weighted by Gasteiger charge is 2.22. The minimum absolute atomic E-state index is 0.0329. The summed E-state index contributed by atoms with van der Waals surface area (Å²) in [6.45, 7) is 4.72. The van der Waals surface area contributed by atoms with Crippen LogP contribution in [-0.2, 0) is 17.8 Å². The number of rotatable bonds is 2. The molecule has 1 fully saturated rings. The number of piperazine rings is 1. The van der Waals surface area contributed by atoms with Gasteiger partial charge in [0.15, 0.2) is 0 Å². The number of amides is 2. The molecule has 21 heavy (non-hydrogen) atoms. The molecule has 0 bridgehead atoms. The Balaban J connectivity index is 1.47. The molecular weight excluding hydrogens is 266 g/mol. The van der Waals surface area contributed by atoms with Gasteiger partial charge in [-0.05, 0) is 18.2 Å². The lowest BCUT2D eigenvalue weighted by molar-refractivity contribution is 0.0293. The second-order valence-electron chi connectivity index (χ2n) is 5.88. The fraction of sp³-hybridized carbons (Fsp3) is 0.562. The molecule has 0 aromatic heterocycles. The van der Waals surface area contributed by atoms with Crippen LogP contribution in [0.3, 0.4) is 0 Å². The zero-order chi connectivity index (χ0) is 14.7. The number of hydrogen-bond donors (Lipinski definition) is 1. The van der Waals surface area contributed by atoms with Crippen molar-refractivity contribution in [3.8, 4) is 0 Å². The lowest BCUT2D eigenvalue weighted by Crippen LogP contribution is -2.52. The third-order valence-electron chi connectivity index (χ3n) is 4.31. The monoisotopic (exact) mass is 289 g/mol. The van der Waals surface area contributed by atoms with Crippen LogP contribution >= 0.6 is 0 Å². The van der Waals surface area contributed by atoms with Gasteiger partial charge in [0.25, 0.3) is 0 Å². The van der Waals surface area contributed by atoms with Crippen LogP contribution in [0.25, 0.3) is 0 Å². The third kappa shape index (κ3) is 3.54. The highest BCUT2D eigenvalue weighted by molar-refractivity contribution is 5.74. The molecule has 2 amide bonds. The molecule has 114 valence electrons. The molecule has 0 saturated carbocycles. The van der Waals surface area contributed by atoms with Crippen LogP contribution in [0.5, 0.6) is 0 Å². The van der Waals surface area contributed by atoms with Crippen molar-refractivity contribution >= 4 is 6.03 Å². The SMILES string of the molecule is CN1CCN(C(=O)NC[C@H]2Cc3ccccc3CO2)CC1. The van der Waals surface area contributed by atoms with Crippen molar-refractivity contribution in [3.05, 3.63) is 35.4 Å². The standard InChI is InChI=1S/C16H23N3O2/c1-18-6-8-19(9-7-18)16(20)17-11-15-10-13-4-2-3-5-14(13)12-21-15/h2-5,15H,6-12H2,1H3,(H,17,20)/t15-/m1/s1. The van der Waals surface area contributed by atoms with Crippen LogP contribution in [-0.4, -0.2) is 61.7 Å². The summed E-state index contributed by atoms with van der Waals surface area (Å²) >= 11 is 0. The van der Waals surface area contributed by atoms with Crippen LogP contribution in [0, 0.1) is 0 Å². The number of likely N-dealkylation sites (N-methyl/N-ethyl adjacent to an activating group) is 1. The number of carbonyl (C=O) groups is 1. The summed E-state index contributed by atoms with van der Waals surface area (Å²) < 4.78 is 5.82. The van der Waals surface area contributed by atoms with Gasteiger partial charge in [0, 0.05) is 39.1 Å². The van der Waals surface area contributed by atoms with E-state index in [9.17, 15) is 4.79 Å². The van der Waals surface area contributed by atoms with E-state index in [2.05, 4.69) is 35.5 Å². The first-order valence-corrected chi connectivity index (χ1v) is 7.62. The molecule has 0 aliphatic carbocycles. The topological polar surface area (TPSA) is 44.8 Å². The van der Waals surface area contributed by atoms with Crippen molar-refractivity contribution < 1.29 is 9.53 Å². The Bertz CT molecular complexity index is 498. The van der Waals surface area contributed by atoms with E-state index in [4.69, 9.17) is 4.74 Å². The van der Waals surface area contributed by atoms with Crippen molar-refractivity contribution in [1.82, 2.24) is 15.1 Å². The van der Waals surface area contributed by atoms with Gasteiger partial charge in [-0.3, -0.25) is 0 Å². The van der Waals surface area contributed by atoms with Crippen LogP contribution in [0.2, 0.25) is 0 Å². The first kappa shape index (κ1) is 14.4. The Morgan fingerprint density at radius 1 is 1.24 bits per heavy atom. The van der Waals surface area contributed by atoms with E-state index in [0.717, 1.165) is 32.6 Å². The number of benzene rings is 1. The number of nitrogens with one attached hydrogen (secondary N) is 1. The van der Waals surface area contributed by atoms with Crippen LogP contribution in [0.15, 0.2) is 24.3 Å². The van der Waals surface area contributed by atoms with E-state index in [1.807, 2.05) is 11.0 Å². The Hall–Kier alpha value is -1.59. The zero-order valence-electron chi connectivity index (χ0n) is 12.5. The predicted octanol–water partition coefficient (Wildman–Crippen LogP) is 1.08. The van der Waals surface area contributed by atoms with Gasteiger partial charge in [0.2, 0.25) is 0 Å². The Morgan fingerprint density at radius 2 is 1.95 bits per heavy atom. The molecule has 1 atom stereocenters. The van der Waals surface area contributed by atoms with Gasteiger partial charge < -0.3 is 19.9 Å². The van der Waals surface area contributed by atoms with Gasteiger partial charge in [0.05, 0.1) is 12.7 Å². The number of fused-ring (bicyclic) bond motifs is 1. The maximum absolute atomic E-state index is 12.1. The number of nitrogens with zero attached hydrogens (tertiary/aromatic N) is 2. The van der Waals surface area contributed by atoms with Gasteiger partial charge in [-0.1, -0.05) is 24.3 Å². The van der Waals surface area contributed by atoms with Crippen LogP contribution < -0.4 is 5.32 Å². The normalized spacial score (nSPS) is 22.7. The van der Waals surface area contributed by atoms with E-state index in [-0.39, 0.29) is 12.1 Å². The van der Waals surface area contributed by atoms with E-state index >= 15 is 0 Å². The van der Waals surface area contributed by atoms with Gasteiger partial charge in [0.1, 0.15) is 0 Å². The molecule has 1 saturated heterocycles. The maximum atomic E-state index is 12.1. The highest BCUT2D eigenvalue weighted by atomic mass is 16.5. The smallest absolute Gasteiger partial charge is 0.317 e. The molecule has 0 unspecified atom stereocenters. The van der Waals surface area contributed by atoms with Gasteiger partial charge in [-0.15, -0.1) is 0 Å². The van der Waals surface area contributed by atoms with Gasteiger partial charge in [-0.2, -0.15) is 0 Å². The summed E-state index contributed by atoms with van der Waals surface area (Å²) in [5.41, 5.74) is 2.60. The van der Waals surface area contributed by atoms with Crippen molar-refractivity contribution in [2.75, 3.05) is 39.8 Å². The average molecular weight is 289 g/mol. The minimum Gasteiger partial charge on any atom is -0.371 e. The Kier molecular flexibility index (Phi) is 4.41. The summed E-state index contributed by atoms with van der Waals surface area (Å²) in [6.07, 6.45) is 0.954. The molecular formula is C16H23N3O2. The van der Waals surface area contributed by atoms with E-state index < -0.39 is 0 Å². The Labute approximate surface area is 125 Å². The lowest BCUT2D eigenvalue weighted by atomic mass is 9.99. The van der Waals surface area contributed by atoms with Gasteiger partial charge >= 0.3 is 6.03 Å². The molecule has 5 nitrogen and oxygen atoms in total. The Morgan fingerprint density at radius 3 is 2.71 bits per heavy atom. The molecule has 1 aromatic carbocycles. The summed E-state index contributed by atoms with van der Waals surface area (Å²) in [4.78, 5) is 16.3. The first-order chi connectivity index (χ1) is 10.2. The summed E-state index contributed by atoms with van der Waals surface area (Å²) in [5.74, 6) is 0. The molecule has 3 rings (SSSR count). The van der Waals surface area contributed by atoms with Crippen molar-refractivity contribution in [2.45, 2.75) is 19.1 Å². The molecule has 0 radical (unpaired) electrons. The molecule has 2 aliphatic rings. The van der Waals surface area contributed by atoms with E-state index in [1.165, 1.54) is 11.1 Å². The number of ether oxygens (including phenoxy) is 1. The quantitative estimate of drug-likeness (QED) is 0.886. The largest absolute Gasteiger partial charge is 0.371 e. The van der Waals surface area contributed by atoms with Crippen LogP contribution in [0.4, 0.5) is 4.79 Å². The molecule has 2 heterocycles. The predicted molar refractivity (Wildman–Crippen MR) is 81.2 cm³/mol. The van der Waals surface area contributed by atoms with Crippen molar-refractivity contribution in [1.29, 1.82) is 0 Å². The van der Waals surface area contributed by atoms with Crippen molar-refractivity contribution in [3.63, 3.8) is 0 Å². The third-order valence-corrected chi connectivity index (χ3v) is 4.31. The molecule has 0 spiro atoms. The minimum atomic E-state index is 0.0329. The fourth-order valence-electron chi connectivity index (χ4n) is 2.86. The highest BCUT2D eigenvalue weighted by Crippen LogP contribution is 2.19. The molecule has 5 heteroatoms. The van der Waals surface area contributed by atoms with Crippen LogP contribution in [0.1, 0.15) is 11.1 Å². The summed E-state index contributed by atoms with van der Waals surface area (Å²) in [6, 6.07) is 8.38. The molecule has 1 N–H and O–H groups in total. The number of hydrogen-bond acceptors (Lipinski definition) is 3. The number of urea groups is 1.